The van der Waals surface area contributed by atoms with Crippen molar-refractivity contribution in [1.82, 2.24) is 4.37 Å². The SMILES string of the molecule is O=CC1(Cc2ccns2)CCC1. The first-order valence-corrected chi connectivity index (χ1v) is 4.98. The second kappa shape index (κ2) is 2.98. The van der Waals surface area contributed by atoms with Gasteiger partial charge in [-0.25, -0.2) is 4.37 Å². The minimum atomic E-state index is -0.0213. The Hall–Kier alpha value is -0.700. The largest absolute Gasteiger partial charge is 0.303 e. The molecular weight excluding hydrogens is 170 g/mol. The first-order valence-electron chi connectivity index (χ1n) is 4.21. The third-order valence-electron chi connectivity index (χ3n) is 2.62. The second-order valence-corrected chi connectivity index (χ2v) is 4.41. The molecular formula is C9H11NOS. The summed E-state index contributed by atoms with van der Waals surface area (Å²) in [5.41, 5.74) is -0.0213. The average Bonchev–Trinajstić information content (AvgIpc) is 2.49. The smallest absolute Gasteiger partial charge is 0.126 e. The van der Waals surface area contributed by atoms with Crippen molar-refractivity contribution >= 4 is 17.8 Å². The number of aldehydes is 1. The minimum absolute atomic E-state index is 0.0213. The van der Waals surface area contributed by atoms with E-state index in [1.807, 2.05) is 6.07 Å². The fourth-order valence-electron chi connectivity index (χ4n) is 1.65. The molecule has 0 aliphatic heterocycles. The van der Waals surface area contributed by atoms with E-state index < -0.39 is 0 Å². The summed E-state index contributed by atoms with van der Waals surface area (Å²) < 4.78 is 4.02. The lowest BCUT2D eigenvalue weighted by atomic mass is 9.67. The van der Waals surface area contributed by atoms with Crippen LogP contribution in [0.15, 0.2) is 12.3 Å². The Labute approximate surface area is 75.8 Å². The van der Waals surface area contributed by atoms with Crippen LogP contribution in [0.2, 0.25) is 0 Å². The number of carbonyl (C=O) groups is 1. The van der Waals surface area contributed by atoms with Crippen LogP contribution in [0, 0.1) is 5.41 Å². The van der Waals surface area contributed by atoms with Crippen molar-refractivity contribution in [3.05, 3.63) is 17.1 Å². The summed E-state index contributed by atoms with van der Waals surface area (Å²) in [4.78, 5) is 12.1. The molecule has 1 aromatic heterocycles. The van der Waals surface area contributed by atoms with Gasteiger partial charge in [0.1, 0.15) is 6.29 Å². The Morgan fingerprint density at radius 2 is 2.50 bits per heavy atom. The first-order chi connectivity index (χ1) is 5.85. The monoisotopic (exact) mass is 181 g/mol. The number of aromatic nitrogens is 1. The summed E-state index contributed by atoms with van der Waals surface area (Å²) in [6.45, 7) is 0. The van der Waals surface area contributed by atoms with Crippen LogP contribution in [-0.2, 0) is 11.2 Å². The normalized spacial score (nSPS) is 20.0. The molecule has 12 heavy (non-hydrogen) atoms. The lowest BCUT2D eigenvalue weighted by Crippen LogP contribution is -2.32. The predicted molar refractivity (Wildman–Crippen MR) is 48.2 cm³/mol. The van der Waals surface area contributed by atoms with E-state index in [-0.39, 0.29) is 5.41 Å². The van der Waals surface area contributed by atoms with Crippen molar-refractivity contribution in [2.45, 2.75) is 25.7 Å². The van der Waals surface area contributed by atoms with Gasteiger partial charge < -0.3 is 4.79 Å². The Kier molecular flexibility index (Phi) is 1.97. The average molecular weight is 181 g/mol. The third-order valence-corrected chi connectivity index (χ3v) is 3.36. The third kappa shape index (κ3) is 1.29. The van der Waals surface area contributed by atoms with E-state index in [0.29, 0.717) is 0 Å². The van der Waals surface area contributed by atoms with Crippen molar-refractivity contribution in [2.24, 2.45) is 5.41 Å². The highest BCUT2D eigenvalue weighted by Crippen LogP contribution is 2.42. The van der Waals surface area contributed by atoms with E-state index >= 15 is 0 Å². The predicted octanol–water partition coefficient (Wildman–Crippen LogP) is 2.05. The molecule has 1 aliphatic rings. The molecule has 0 aromatic carbocycles. The molecule has 0 unspecified atom stereocenters. The summed E-state index contributed by atoms with van der Waals surface area (Å²) in [6, 6.07) is 2.01. The van der Waals surface area contributed by atoms with Crippen LogP contribution in [0.25, 0.3) is 0 Å². The van der Waals surface area contributed by atoms with Crippen LogP contribution in [0.3, 0.4) is 0 Å². The fraction of sp³-hybridized carbons (Fsp3) is 0.556. The highest BCUT2D eigenvalue weighted by molar-refractivity contribution is 7.05. The van der Waals surface area contributed by atoms with E-state index in [2.05, 4.69) is 4.37 Å². The van der Waals surface area contributed by atoms with Gasteiger partial charge in [0.15, 0.2) is 0 Å². The van der Waals surface area contributed by atoms with Crippen LogP contribution < -0.4 is 0 Å². The van der Waals surface area contributed by atoms with Gasteiger partial charge in [-0.05, 0) is 36.9 Å². The highest BCUT2D eigenvalue weighted by atomic mass is 32.1. The Morgan fingerprint density at radius 3 is 2.92 bits per heavy atom. The Morgan fingerprint density at radius 1 is 1.67 bits per heavy atom. The van der Waals surface area contributed by atoms with Crippen LogP contribution in [-0.4, -0.2) is 10.7 Å². The topological polar surface area (TPSA) is 30.0 Å². The lowest BCUT2D eigenvalue weighted by Gasteiger charge is -2.36. The molecule has 1 aromatic rings. The van der Waals surface area contributed by atoms with E-state index in [1.54, 1.807) is 6.20 Å². The molecule has 0 saturated heterocycles. The fourth-order valence-corrected chi connectivity index (χ4v) is 2.38. The van der Waals surface area contributed by atoms with E-state index in [4.69, 9.17) is 0 Å². The summed E-state index contributed by atoms with van der Waals surface area (Å²) in [5, 5.41) is 0. The molecule has 0 N–H and O–H groups in total. The van der Waals surface area contributed by atoms with Gasteiger partial charge in [-0.1, -0.05) is 6.42 Å². The van der Waals surface area contributed by atoms with E-state index in [0.717, 1.165) is 25.5 Å². The summed E-state index contributed by atoms with van der Waals surface area (Å²) in [5.74, 6) is 0. The molecule has 0 bridgehead atoms. The molecule has 0 radical (unpaired) electrons. The second-order valence-electron chi connectivity index (χ2n) is 3.49. The van der Waals surface area contributed by atoms with Gasteiger partial charge in [-0.2, -0.15) is 0 Å². The molecule has 3 heteroatoms. The van der Waals surface area contributed by atoms with Crippen LogP contribution in [0.1, 0.15) is 24.1 Å². The number of nitrogens with zero attached hydrogens (tertiary/aromatic N) is 1. The maximum absolute atomic E-state index is 10.8. The number of hydrogen-bond donors (Lipinski definition) is 0. The summed E-state index contributed by atoms with van der Waals surface area (Å²) in [6.07, 6.45) is 7.18. The van der Waals surface area contributed by atoms with Gasteiger partial charge in [0.05, 0.1) is 0 Å². The summed E-state index contributed by atoms with van der Waals surface area (Å²) in [7, 11) is 0. The molecule has 0 spiro atoms. The van der Waals surface area contributed by atoms with Gasteiger partial charge in [-0.15, -0.1) is 0 Å². The van der Waals surface area contributed by atoms with Gasteiger partial charge in [0.2, 0.25) is 0 Å². The molecule has 0 amide bonds. The highest BCUT2D eigenvalue weighted by Gasteiger charge is 2.36. The van der Waals surface area contributed by atoms with E-state index in [1.165, 1.54) is 22.8 Å². The van der Waals surface area contributed by atoms with Gasteiger partial charge in [-0.3, -0.25) is 0 Å². The zero-order valence-electron chi connectivity index (χ0n) is 6.82. The first kappa shape index (κ1) is 7.92. The lowest BCUT2D eigenvalue weighted by molar-refractivity contribution is -0.120. The van der Waals surface area contributed by atoms with Crippen LogP contribution >= 0.6 is 11.5 Å². The molecule has 2 nitrogen and oxygen atoms in total. The van der Waals surface area contributed by atoms with Crippen molar-refractivity contribution in [2.75, 3.05) is 0 Å². The number of hydrogen-bond acceptors (Lipinski definition) is 3. The Bertz CT molecular complexity index is 264. The van der Waals surface area contributed by atoms with Crippen molar-refractivity contribution < 1.29 is 4.79 Å². The number of carbonyl (C=O) groups excluding carboxylic acids is 1. The molecule has 64 valence electrons. The van der Waals surface area contributed by atoms with Crippen molar-refractivity contribution in [3.8, 4) is 0 Å². The summed E-state index contributed by atoms with van der Waals surface area (Å²) >= 11 is 1.51. The van der Waals surface area contributed by atoms with Gasteiger partial charge in [0, 0.05) is 16.5 Å². The van der Waals surface area contributed by atoms with Crippen LogP contribution in [0.4, 0.5) is 0 Å². The number of rotatable bonds is 3. The molecule has 1 heterocycles. The van der Waals surface area contributed by atoms with Crippen molar-refractivity contribution in [1.29, 1.82) is 0 Å². The molecule has 0 atom stereocenters. The maximum atomic E-state index is 10.8. The van der Waals surface area contributed by atoms with E-state index in [9.17, 15) is 4.79 Å². The maximum Gasteiger partial charge on any atom is 0.126 e. The molecule has 2 rings (SSSR count). The molecule has 1 aliphatic carbocycles. The molecule has 1 fully saturated rings. The Balaban J connectivity index is 2.06. The van der Waals surface area contributed by atoms with Crippen molar-refractivity contribution in [3.63, 3.8) is 0 Å². The zero-order valence-corrected chi connectivity index (χ0v) is 7.64. The van der Waals surface area contributed by atoms with Gasteiger partial charge >= 0.3 is 0 Å². The quantitative estimate of drug-likeness (QED) is 0.668. The van der Waals surface area contributed by atoms with Crippen LogP contribution in [0.5, 0.6) is 0 Å². The zero-order chi connectivity index (χ0) is 8.44. The van der Waals surface area contributed by atoms with Gasteiger partial charge in [0.25, 0.3) is 0 Å². The minimum Gasteiger partial charge on any atom is -0.303 e. The standard InChI is InChI=1S/C9H11NOS/c11-7-9(3-1-4-9)6-8-2-5-10-12-8/h2,5,7H,1,3-4,6H2. The molecule has 1 saturated carbocycles.